The summed E-state index contributed by atoms with van der Waals surface area (Å²) in [5.41, 5.74) is 6.42. The Balaban J connectivity index is 1.94. The highest BCUT2D eigenvalue weighted by Crippen LogP contribution is 2.12. The Hall–Kier alpha value is -2.97. The Morgan fingerprint density at radius 2 is 2.11 bits per heavy atom. The number of anilines is 3. The average molecular weight is 257 g/mol. The van der Waals surface area contributed by atoms with E-state index in [-0.39, 0.29) is 5.95 Å². The molecule has 0 bridgehead atoms. The van der Waals surface area contributed by atoms with Gasteiger partial charge in [0.25, 0.3) is 5.95 Å². The van der Waals surface area contributed by atoms with Crippen molar-refractivity contribution in [1.29, 1.82) is 0 Å². The summed E-state index contributed by atoms with van der Waals surface area (Å²) in [5, 5.41) is 11.1. The molecule has 0 saturated heterocycles. The van der Waals surface area contributed by atoms with E-state index in [1.165, 1.54) is 4.68 Å². The van der Waals surface area contributed by atoms with Gasteiger partial charge >= 0.3 is 0 Å². The van der Waals surface area contributed by atoms with Crippen LogP contribution in [0.15, 0.2) is 30.9 Å². The molecular formula is C10H11N9. The van der Waals surface area contributed by atoms with Crippen molar-refractivity contribution in [2.75, 3.05) is 11.1 Å². The summed E-state index contributed by atoms with van der Waals surface area (Å²) < 4.78 is 3.17. The first-order valence-corrected chi connectivity index (χ1v) is 5.48. The van der Waals surface area contributed by atoms with Crippen molar-refractivity contribution in [1.82, 2.24) is 34.5 Å². The maximum atomic E-state index is 5.66. The van der Waals surface area contributed by atoms with Gasteiger partial charge in [0.05, 0.1) is 11.9 Å². The number of hydrogen-bond donors (Lipinski definition) is 2. The number of nitrogens with zero attached hydrogens (tertiary/aromatic N) is 7. The highest BCUT2D eigenvalue weighted by atomic mass is 15.4. The summed E-state index contributed by atoms with van der Waals surface area (Å²) in [6.07, 6.45) is 6.82. The molecule has 3 aromatic heterocycles. The number of nitrogens with two attached hydrogens (primary N) is 1. The third-order valence-electron chi connectivity index (χ3n) is 2.31. The molecule has 0 fully saturated rings. The van der Waals surface area contributed by atoms with Gasteiger partial charge in [-0.05, 0) is 6.07 Å². The zero-order chi connectivity index (χ0) is 13.2. The summed E-state index contributed by atoms with van der Waals surface area (Å²) >= 11 is 0. The minimum atomic E-state index is 0.117. The predicted octanol–water partition coefficient (Wildman–Crippen LogP) is 0.117. The summed E-state index contributed by atoms with van der Waals surface area (Å²) in [5.74, 6) is 0.807. The molecular weight excluding hydrogens is 246 g/mol. The molecule has 9 nitrogen and oxygen atoms in total. The van der Waals surface area contributed by atoms with Crippen molar-refractivity contribution in [3.8, 4) is 5.95 Å². The fourth-order valence-electron chi connectivity index (χ4n) is 1.54. The first-order valence-electron chi connectivity index (χ1n) is 5.48. The van der Waals surface area contributed by atoms with Gasteiger partial charge in [-0.3, -0.25) is 4.68 Å². The molecule has 0 aliphatic heterocycles. The van der Waals surface area contributed by atoms with Crippen molar-refractivity contribution in [3.63, 3.8) is 0 Å². The number of nitrogen functional groups attached to an aromatic ring is 1. The predicted molar refractivity (Wildman–Crippen MR) is 67.9 cm³/mol. The first kappa shape index (κ1) is 11.1. The lowest BCUT2D eigenvalue weighted by atomic mass is 10.6. The van der Waals surface area contributed by atoms with Gasteiger partial charge in [0.15, 0.2) is 0 Å². The molecule has 3 heterocycles. The lowest BCUT2D eigenvalue weighted by molar-refractivity contribution is 0.768. The molecule has 9 heteroatoms. The van der Waals surface area contributed by atoms with Crippen LogP contribution >= 0.6 is 0 Å². The zero-order valence-electron chi connectivity index (χ0n) is 10.1. The van der Waals surface area contributed by atoms with Crippen LogP contribution in [0, 0.1) is 0 Å². The molecule has 0 radical (unpaired) electrons. The standard InChI is InChI=1S/C10H11N9/c1-18-6-7(5-13-18)14-9-15-8(11)16-10(17-9)19-4-2-3-12-19/h2-6H,1H3,(H3,11,14,15,16,17). The van der Waals surface area contributed by atoms with Crippen LogP contribution < -0.4 is 11.1 Å². The lowest BCUT2D eigenvalue weighted by Crippen LogP contribution is -2.09. The number of aryl methyl sites for hydroxylation is 1. The van der Waals surface area contributed by atoms with Gasteiger partial charge in [0.1, 0.15) is 0 Å². The number of rotatable bonds is 3. The Labute approximate surface area is 108 Å². The van der Waals surface area contributed by atoms with E-state index in [1.54, 1.807) is 35.5 Å². The van der Waals surface area contributed by atoms with Crippen LogP contribution in [-0.4, -0.2) is 34.5 Å². The average Bonchev–Trinajstić information content (AvgIpc) is 3.00. The maximum absolute atomic E-state index is 5.66. The minimum Gasteiger partial charge on any atom is -0.368 e. The maximum Gasteiger partial charge on any atom is 0.257 e. The van der Waals surface area contributed by atoms with Crippen LogP contribution in [0.25, 0.3) is 5.95 Å². The van der Waals surface area contributed by atoms with Gasteiger partial charge in [0.2, 0.25) is 11.9 Å². The summed E-state index contributed by atoms with van der Waals surface area (Å²) in [6.45, 7) is 0. The highest BCUT2D eigenvalue weighted by molar-refractivity contribution is 5.51. The van der Waals surface area contributed by atoms with Gasteiger partial charge in [-0.25, -0.2) is 4.68 Å². The molecule has 0 unspecified atom stereocenters. The van der Waals surface area contributed by atoms with Gasteiger partial charge in [0, 0.05) is 25.6 Å². The van der Waals surface area contributed by atoms with Gasteiger partial charge < -0.3 is 11.1 Å². The van der Waals surface area contributed by atoms with E-state index in [1.807, 2.05) is 7.05 Å². The first-order chi connectivity index (χ1) is 9.20. The second-order valence-corrected chi connectivity index (χ2v) is 3.80. The highest BCUT2D eigenvalue weighted by Gasteiger charge is 2.07. The van der Waals surface area contributed by atoms with E-state index in [0.29, 0.717) is 11.9 Å². The summed E-state index contributed by atoms with van der Waals surface area (Å²) in [6, 6.07) is 1.77. The molecule has 0 aliphatic rings. The molecule has 3 N–H and O–H groups in total. The monoisotopic (exact) mass is 257 g/mol. The summed E-state index contributed by atoms with van der Waals surface area (Å²) in [7, 11) is 1.82. The number of hydrogen-bond acceptors (Lipinski definition) is 7. The molecule has 3 aromatic rings. The molecule has 0 amide bonds. The van der Waals surface area contributed by atoms with Crippen molar-refractivity contribution >= 4 is 17.6 Å². The molecule has 96 valence electrons. The van der Waals surface area contributed by atoms with Crippen LogP contribution in [0.5, 0.6) is 0 Å². The van der Waals surface area contributed by atoms with E-state index >= 15 is 0 Å². The third kappa shape index (κ3) is 2.34. The van der Waals surface area contributed by atoms with Crippen LogP contribution in [-0.2, 0) is 7.05 Å². The quantitative estimate of drug-likeness (QED) is 0.685. The second kappa shape index (κ2) is 4.37. The van der Waals surface area contributed by atoms with Crippen LogP contribution in [0.1, 0.15) is 0 Å². The Morgan fingerprint density at radius 1 is 1.21 bits per heavy atom. The lowest BCUT2D eigenvalue weighted by Gasteiger charge is -2.05. The molecule has 0 spiro atoms. The molecule has 0 aliphatic carbocycles. The fourth-order valence-corrected chi connectivity index (χ4v) is 1.54. The number of aromatic nitrogens is 7. The molecule has 0 atom stereocenters. The Bertz CT molecular complexity index is 685. The van der Waals surface area contributed by atoms with E-state index < -0.39 is 0 Å². The van der Waals surface area contributed by atoms with E-state index in [2.05, 4.69) is 30.5 Å². The van der Waals surface area contributed by atoms with Crippen molar-refractivity contribution < 1.29 is 0 Å². The topological polar surface area (TPSA) is 112 Å². The van der Waals surface area contributed by atoms with Gasteiger partial charge in [-0.2, -0.15) is 25.1 Å². The Morgan fingerprint density at radius 3 is 2.79 bits per heavy atom. The largest absolute Gasteiger partial charge is 0.368 e. The Kier molecular flexibility index (Phi) is 2.56. The van der Waals surface area contributed by atoms with Crippen molar-refractivity contribution in [3.05, 3.63) is 30.9 Å². The fraction of sp³-hybridized carbons (Fsp3) is 0.100. The van der Waals surface area contributed by atoms with Crippen LogP contribution in [0.2, 0.25) is 0 Å². The van der Waals surface area contributed by atoms with Crippen LogP contribution in [0.4, 0.5) is 17.6 Å². The molecule has 19 heavy (non-hydrogen) atoms. The third-order valence-corrected chi connectivity index (χ3v) is 2.31. The van der Waals surface area contributed by atoms with E-state index in [4.69, 9.17) is 5.73 Å². The number of nitrogens with one attached hydrogen (secondary N) is 1. The molecule has 3 rings (SSSR count). The molecule has 0 aromatic carbocycles. The zero-order valence-corrected chi connectivity index (χ0v) is 10.1. The van der Waals surface area contributed by atoms with E-state index in [9.17, 15) is 0 Å². The normalized spacial score (nSPS) is 10.6. The van der Waals surface area contributed by atoms with Crippen molar-refractivity contribution in [2.24, 2.45) is 7.05 Å². The van der Waals surface area contributed by atoms with Crippen molar-refractivity contribution in [2.45, 2.75) is 0 Å². The second-order valence-electron chi connectivity index (χ2n) is 3.80. The van der Waals surface area contributed by atoms with Gasteiger partial charge in [-0.15, -0.1) is 0 Å². The summed E-state index contributed by atoms with van der Waals surface area (Å²) in [4.78, 5) is 12.3. The SMILES string of the molecule is Cn1cc(Nc2nc(N)nc(-n3cccn3)n2)cn1. The van der Waals surface area contributed by atoms with Gasteiger partial charge in [-0.1, -0.05) is 0 Å². The smallest absolute Gasteiger partial charge is 0.257 e. The van der Waals surface area contributed by atoms with Crippen LogP contribution in [0.3, 0.4) is 0 Å². The van der Waals surface area contributed by atoms with E-state index in [0.717, 1.165) is 5.69 Å². The minimum absolute atomic E-state index is 0.117. The molecule has 0 saturated carbocycles.